The van der Waals surface area contributed by atoms with E-state index >= 15 is 0 Å². The van der Waals surface area contributed by atoms with Gasteiger partial charge in [0.15, 0.2) is 0 Å². The summed E-state index contributed by atoms with van der Waals surface area (Å²) in [5.41, 5.74) is 7.37. The van der Waals surface area contributed by atoms with Crippen LogP contribution in [0.5, 0.6) is 0 Å². The normalized spacial score (nSPS) is 12.2. The number of rotatable bonds is 4. The van der Waals surface area contributed by atoms with Crippen LogP contribution in [0.4, 0.5) is 5.69 Å². The van der Waals surface area contributed by atoms with Gasteiger partial charge in [-0.2, -0.15) is 0 Å². The lowest BCUT2D eigenvalue weighted by molar-refractivity contribution is -0.117. The molecule has 0 saturated carbocycles. The zero-order valence-corrected chi connectivity index (χ0v) is 10.3. The van der Waals surface area contributed by atoms with Gasteiger partial charge in [-0.15, -0.1) is 0 Å². The van der Waals surface area contributed by atoms with Crippen molar-refractivity contribution in [3.63, 3.8) is 0 Å². The van der Waals surface area contributed by atoms with Crippen molar-refractivity contribution in [2.24, 2.45) is 5.73 Å². The predicted octanol–water partition coefficient (Wildman–Crippen LogP) is 2.71. The lowest BCUT2D eigenvalue weighted by Gasteiger charge is -2.11. The molecule has 0 spiro atoms. The van der Waals surface area contributed by atoms with Gasteiger partial charge in [0.25, 0.3) is 0 Å². The van der Waals surface area contributed by atoms with Crippen molar-refractivity contribution in [2.45, 2.75) is 32.7 Å². The van der Waals surface area contributed by atoms with Gasteiger partial charge in [-0.1, -0.05) is 31.0 Å². The minimum atomic E-state index is -0.454. The van der Waals surface area contributed by atoms with Crippen LogP contribution in [0.1, 0.15) is 25.3 Å². The SMILES string of the molecule is CCC[C@H](N)C(=O)Nc1ccc(C)c(Cl)c1. The molecule has 0 aliphatic carbocycles. The number of halogens is 1. The first-order valence-electron chi connectivity index (χ1n) is 5.37. The Kier molecular flexibility index (Phi) is 4.77. The Bertz CT molecular complexity index is 379. The van der Waals surface area contributed by atoms with E-state index in [-0.39, 0.29) is 5.91 Å². The van der Waals surface area contributed by atoms with E-state index < -0.39 is 6.04 Å². The van der Waals surface area contributed by atoms with Crippen molar-refractivity contribution in [1.29, 1.82) is 0 Å². The summed E-state index contributed by atoms with van der Waals surface area (Å²) in [6, 6.07) is 4.96. The zero-order chi connectivity index (χ0) is 12.1. The maximum Gasteiger partial charge on any atom is 0.241 e. The summed E-state index contributed by atoms with van der Waals surface area (Å²) >= 11 is 5.96. The Morgan fingerprint density at radius 2 is 2.25 bits per heavy atom. The summed E-state index contributed by atoms with van der Waals surface area (Å²) in [5.74, 6) is -0.165. The molecule has 3 nitrogen and oxygen atoms in total. The van der Waals surface area contributed by atoms with E-state index in [4.69, 9.17) is 17.3 Å². The van der Waals surface area contributed by atoms with Gasteiger partial charge in [0.05, 0.1) is 6.04 Å². The molecule has 1 amide bonds. The van der Waals surface area contributed by atoms with Crippen LogP contribution < -0.4 is 11.1 Å². The van der Waals surface area contributed by atoms with Gasteiger partial charge >= 0.3 is 0 Å². The lowest BCUT2D eigenvalue weighted by atomic mass is 10.1. The minimum absolute atomic E-state index is 0.165. The van der Waals surface area contributed by atoms with Gasteiger partial charge in [0.2, 0.25) is 5.91 Å². The molecule has 1 aromatic rings. The molecule has 0 unspecified atom stereocenters. The second-order valence-corrected chi connectivity index (χ2v) is 4.26. The molecule has 1 atom stereocenters. The van der Waals surface area contributed by atoms with Crippen LogP contribution in [0.15, 0.2) is 18.2 Å². The van der Waals surface area contributed by atoms with E-state index in [1.807, 2.05) is 26.0 Å². The Hall–Kier alpha value is -1.06. The smallest absolute Gasteiger partial charge is 0.241 e. The third-order valence-corrected chi connectivity index (χ3v) is 2.78. The molecule has 88 valence electrons. The zero-order valence-electron chi connectivity index (χ0n) is 9.59. The first-order valence-corrected chi connectivity index (χ1v) is 5.75. The minimum Gasteiger partial charge on any atom is -0.325 e. The van der Waals surface area contributed by atoms with Crippen LogP contribution >= 0.6 is 11.6 Å². The van der Waals surface area contributed by atoms with Crippen LogP contribution in [0, 0.1) is 6.92 Å². The van der Waals surface area contributed by atoms with E-state index in [0.717, 1.165) is 12.0 Å². The molecule has 4 heteroatoms. The second kappa shape index (κ2) is 5.87. The first-order chi connectivity index (χ1) is 7.54. The fraction of sp³-hybridized carbons (Fsp3) is 0.417. The van der Waals surface area contributed by atoms with Gasteiger partial charge in [-0.3, -0.25) is 4.79 Å². The highest BCUT2D eigenvalue weighted by Crippen LogP contribution is 2.20. The molecule has 0 aliphatic rings. The average Bonchev–Trinajstić information content (AvgIpc) is 2.24. The van der Waals surface area contributed by atoms with E-state index in [2.05, 4.69) is 5.32 Å². The highest BCUT2D eigenvalue weighted by molar-refractivity contribution is 6.31. The number of aryl methyl sites for hydroxylation is 1. The van der Waals surface area contributed by atoms with E-state index in [9.17, 15) is 4.79 Å². The number of amides is 1. The predicted molar refractivity (Wildman–Crippen MR) is 67.7 cm³/mol. The molecule has 0 bridgehead atoms. The molecular weight excluding hydrogens is 224 g/mol. The van der Waals surface area contributed by atoms with Gasteiger partial charge < -0.3 is 11.1 Å². The second-order valence-electron chi connectivity index (χ2n) is 3.85. The van der Waals surface area contributed by atoms with Gasteiger partial charge in [0, 0.05) is 10.7 Å². The van der Waals surface area contributed by atoms with E-state index in [1.54, 1.807) is 6.07 Å². The number of carbonyl (C=O) groups is 1. The molecule has 0 heterocycles. The molecule has 16 heavy (non-hydrogen) atoms. The van der Waals surface area contributed by atoms with Gasteiger partial charge in [0.1, 0.15) is 0 Å². The van der Waals surface area contributed by atoms with Crippen molar-refractivity contribution in [3.05, 3.63) is 28.8 Å². The number of nitrogens with two attached hydrogens (primary N) is 1. The fourth-order valence-electron chi connectivity index (χ4n) is 1.35. The third-order valence-electron chi connectivity index (χ3n) is 2.38. The average molecular weight is 241 g/mol. The molecule has 1 aromatic carbocycles. The van der Waals surface area contributed by atoms with Crippen molar-refractivity contribution in [1.82, 2.24) is 0 Å². The Morgan fingerprint density at radius 1 is 1.56 bits per heavy atom. The highest BCUT2D eigenvalue weighted by Gasteiger charge is 2.12. The third kappa shape index (κ3) is 3.51. The van der Waals surface area contributed by atoms with Crippen LogP contribution in [0.25, 0.3) is 0 Å². The van der Waals surface area contributed by atoms with Gasteiger partial charge in [-0.25, -0.2) is 0 Å². The number of hydrogen-bond acceptors (Lipinski definition) is 2. The van der Waals surface area contributed by atoms with Crippen LogP contribution in [0.3, 0.4) is 0 Å². The number of hydrogen-bond donors (Lipinski definition) is 2. The Balaban J connectivity index is 2.66. The molecule has 3 N–H and O–H groups in total. The fourth-order valence-corrected chi connectivity index (χ4v) is 1.53. The molecule has 0 aromatic heterocycles. The van der Waals surface area contributed by atoms with Crippen molar-refractivity contribution in [2.75, 3.05) is 5.32 Å². The lowest BCUT2D eigenvalue weighted by Crippen LogP contribution is -2.35. The van der Waals surface area contributed by atoms with Crippen LogP contribution in [-0.4, -0.2) is 11.9 Å². The van der Waals surface area contributed by atoms with E-state index in [1.165, 1.54) is 0 Å². The summed E-state index contributed by atoms with van der Waals surface area (Å²) in [4.78, 5) is 11.6. The van der Waals surface area contributed by atoms with E-state index in [0.29, 0.717) is 17.1 Å². The summed E-state index contributed by atoms with van der Waals surface area (Å²) in [6.07, 6.45) is 1.58. The summed E-state index contributed by atoms with van der Waals surface area (Å²) < 4.78 is 0. The van der Waals surface area contributed by atoms with Gasteiger partial charge in [-0.05, 0) is 31.0 Å². The summed E-state index contributed by atoms with van der Waals surface area (Å²) in [7, 11) is 0. The number of carbonyl (C=O) groups excluding carboxylic acids is 1. The maximum absolute atomic E-state index is 11.6. The molecular formula is C12H17ClN2O. The van der Waals surface area contributed by atoms with Crippen molar-refractivity contribution < 1.29 is 4.79 Å². The topological polar surface area (TPSA) is 55.1 Å². The number of benzene rings is 1. The largest absolute Gasteiger partial charge is 0.325 e. The van der Waals surface area contributed by atoms with Crippen molar-refractivity contribution >= 4 is 23.2 Å². The van der Waals surface area contributed by atoms with Crippen LogP contribution in [-0.2, 0) is 4.79 Å². The first kappa shape index (κ1) is 13.0. The Morgan fingerprint density at radius 3 is 2.81 bits per heavy atom. The molecule has 0 fully saturated rings. The van der Waals surface area contributed by atoms with Crippen LogP contribution in [0.2, 0.25) is 5.02 Å². The maximum atomic E-state index is 11.6. The summed E-state index contributed by atoms with van der Waals surface area (Å²) in [6.45, 7) is 3.91. The highest BCUT2D eigenvalue weighted by atomic mass is 35.5. The molecule has 0 radical (unpaired) electrons. The monoisotopic (exact) mass is 240 g/mol. The molecule has 1 rings (SSSR count). The molecule has 0 aliphatic heterocycles. The molecule has 0 saturated heterocycles. The van der Waals surface area contributed by atoms with Crippen molar-refractivity contribution in [3.8, 4) is 0 Å². The quantitative estimate of drug-likeness (QED) is 0.850. The number of anilines is 1. The standard InChI is InChI=1S/C12H17ClN2O/c1-3-4-11(14)12(16)15-9-6-5-8(2)10(13)7-9/h5-7,11H,3-4,14H2,1-2H3,(H,15,16)/t11-/m0/s1. The summed E-state index contributed by atoms with van der Waals surface area (Å²) in [5, 5.41) is 3.39. The number of nitrogens with one attached hydrogen (secondary N) is 1. The Labute approximate surface area is 101 Å².